The molecule has 0 saturated heterocycles. The summed E-state index contributed by atoms with van der Waals surface area (Å²) >= 11 is 0. The Morgan fingerprint density at radius 3 is 2.56 bits per heavy atom. The average molecular weight is 227 g/mol. The maximum Gasteiger partial charge on any atom is 0.224 e. The lowest BCUT2D eigenvalue weighted by Gasteiger charge is -2.22. The fourth-order valence-corrected chi connectivity index (χ4v) is 1.54. The number of nitrogens with zero attached hydrogens (tertiary/aromatic N) is 1. The summed E-state index contributed by atoms with van der Waals surface area (Å²) in [5.74, 6) is 0.173. The first-order valence-corrected chi connectivity index (χ1v) is 6.01. The van der Waals surface area contributed by atoms with Crippen LogP contribution in [-0.4, -0.2) is 43.0 Å². The molecule has 0 fully saturated rings. The molecule has 1 amide bonds. The van der Waals surface area contributed by atoms with E-state index >= 15 is 0 Å². The van der Waals surface area contributed by atoms with Gasteiger partial charge in [-0.25, -0.2) is 0 Å². The highest BCUT2D eigenvalue weighted by molar-refractivity contribution is 5.76. The molecule has 0 rings (SSSR count). The molecule has 1 atom stereocenters. The summed E-state index contributed by atoms with van der Waals surface area (Å²) in [4.78, 5) is 13.6. The van der Waals surface area contributed by atoms with Crippen LogP contribution >= 0.6 is 0 Å². The van der Waals surface area contributed by atoms with Crippen molar-refractivity contribution in [3.8, 4) is 0 Å². The summed E-state index contributed by atoms with van der Waals surface area (Å²) in [6.45, 7) is 10.5. The first-order valence-electron chi connectivity index (χ1n) is 6.01. The van der Waals surface area contributed by atoms with E-state index in [0.717, 1.165) is 26.1 Å². The summed E-state index contributed by atoms with van der Waals surface area (Å²) < 4.78 is 0. The minimum absolute atomic E-state index is 0.0769. The molecule has 0 aliphatic rings. The Kier molecular flexibility index (Phi) is 8.85. The Morgan fingerprint density at radius 1 is 1.50 bits per heavy atom. The van der Waals surface area contributed by atoms with Crippen molar-refractivity contribution in [2.75, 3.05) is 26.2 Å². The second-order valence-corrected chi connectivity index (χ2v) is 3.73. The molecule has 0 aliphatic carbocycles. The van der Waals surface area contributed by atoms with Gasteiger partial charge >= 0.3 is 0 Å². The van der Waals surface area contributed by atoms with Gasteiger partial charge in [-0.15, -0.1) is 6.58 Å². The van der Waals surface area contributed by atoms with Gasteiger partial charge in [0.1, 0.15) is 0 Å². The second kappa shape index (κ2) is 9.36. The van der Waals surface area contributed by atoms with Crippen LogP contribution in [0.4, 0.5) is 0 Å². The molecule has 0 aromatic heterocycles. The molecule has 0 aromatic rings. The Bertz CT molecular complexity index is 202. The number of carbonyl (C=O) groups excluding carboxylic acids is 1. The van der Waals surface area contributed by atoms with Gasteiger partial charge in [0.2, 0.25) is 5.91 Å². The number of carbonyl (C=O) groups is 1. The summed E-state index contributed by atoms with van der Waals surface area (Å²) in [6, 6.07) is 0.0769. The molecule has 4 heteroatoms. The van der Waals surface area contributed by atoms with Gasteiger partial charge in [0.15, 0.2) is 0 Å². The van der Waals surface area contributed by atoms with Crippen LogP contribution in [-0.2, 0) is 4.79 Å². The molecule has 1 unspecified atom stereocenters. The molecule has 3 N–H and O–H groups in total. The van der Waals surface area contributed by atoms with Gasteiger partial charge < -0.3 is 16.0 Å². The van der Waals surface area contributed by atoms with Crippen molar-refractivity contribution in [3.63, 3.8) is 0 Å². The highest BCUT2D eigenvalue weighted by Crippen LogP contribution is 1.98. The highest BCUT2D eigenvalue weighted by atomic mass is 16.2. The molecule has 0 saturated carbocycles. The Morgan fingerprint density at radius 2 is 2.12 bits per heavy atom. The minimum Gasteiger partial charge on any atom is -0.343 e. The van der Waals surface area contributed by atoms with Crippen molar-refractivity contribution in [1.82, 2.24) is 10.2 Å². The van der Waals surface area contributed by atoms with Crippen molar-refractivity contribution in [1.29, 1.82) is 0 Å². The van der Waals surface area contributed by atoms with Crippen LogP contribution in [0, 0.1) is 0 Å². The van der Waals surface area contributed by atoms with Gasteiger partial charge in [0, 0.05) is 32.1 Å². The summed E-state index contributed by atoms with van der Waals surface area (Å²) in [7, 11) is 0. The molecule has 0 spiro atoms. The predicted molar refractivity (Wildman–Crippen MR) is 68.2 cm³/mol. The number of nitrogens with one attached hydrogen (secondary N) is 1. The van der Waals surface area contributed by atoms with Crippen molar-refractivity contribution in [2.24, 2.45) is 5.73 Å². The van der Waals surface area contributed by atoms with E-state index in [-0.39, 0.29) is 11.9 Å². The monoisotopic (exact) mass is 227 g/mol. The van der Waals surface area contributed by atoms with Crippen LogP contribution in [0.2, 0.25) is 0 Å². The van der Waals surface area contributed by atoms with Crippen LogP contribution in [0.3, 0.4) is 0 Å². The topological polar surface area (TPSA) is 58.4 Å². The van der Waals surface area contributed by atoms with Gasteiger partial charge in [-0.1, -0.05) is 6.08 Å². The van der Waals surface area contributed by atoms with Crippen LogP contribution in [0.5, 0.6) is 0 Å². The highest BCUT2D eigenvalue weighted by Gasteiger charge is 2.15. The van der Waals surface area contributed by atoms with Crippen molar-refractivity contribution < 1.29 is 4.79 Å². The first-order chi connectivity index (χ1) is 7.69. The smallest absolute Gasteiger partial charge is 0.224 e. The zero-order valence-corrected chi connectivity index (χ0v) is 10.5. The Hall–Kier alpha value is -0.870. The Balaban J connectivity index is 3.99. The maximum absolute atomic E-state index is 11.8. The fraction of sp³-hybridized carbons (Fsp3) is 0.750. The largest absolute Gasteiger partial charge is 0.343 e. The Labute approximate surface area is 98.9 Å². The van der Waals surface area contributed by atoms with Crippen LogP contribution < -0.4 is 11.1 Å². The van der Waals surface area contributed by atoms with Gasteiger partial charge in [-0.2, -0.15) is 0 Å². The van der Waals surface area contributed by atoms with Gasteiger partial charge in [0.25, 0.3) is 0 Å². The van der Waals surface area contributed by atoms with E-state index in [9.17, 15) is 4.79 Å². The van der Waals surface area contributed by atoms with E-state index in [2.05, 4.69) is 11.9 Å². The third-order valence-corrected chi connectivity index (χ3v) is 2.60. The molecule has 94 valence electrons. The number of hydrogen-bond donors (Lipinski definition) is 2. The predicted octanol–water partition coefficient (Wildman–Crippen LogP) is 0.738. The number of amides is 1. The molecule has 0 radical (unpaired) electrons. The van der Waals surface area contributed by atoms with Gasteiger partial charge in [-0.3, -0.25) is 4.79 Å². The van der Waals surface area contributed by atoms with E-state index in [1.165, 1.54) is 0 Å². The van der Waals surface area contributed by atoms with E-state index in [4.69, 9.17) is 5.73 Å². The molecule has 0 bridgehead atoms. The fourth-order valence-electron chi connectivity index (χ4n) is 1.54. The van der Waals surface area contributed by atoms with Crippen LogP contribution in [0.25, 0.3) is 0 Å². The lowest BCUT2D eigenvalue weighted by atomic mass is 10.2. The average Bonchev–Trinajstić information content (AvgIpc) is 2.29. The molecule has 16 heavy (non-hydrogen) atoms. The number of rotatable bonds is 9. The summed E-state index contributed by atoms with van der Waals surface area (Å²) in [5, 5.41) is 3.26. The second-order valence-electron chi connectivity index (χ2n) is 3.73. The molecule has 0 heterocycles. The van der Waals surface area contributed by atoms with E-state index < -0.39 is 0 Å². The summed E-state index contributed by atoms with van der Waals surface area (Å²) in [6.07, 6.45) is 3.23. The maximum atomic E-state index is 11.8. The third kappa shape index (κ3) is 5.88. The van der Waals surface area contributed by atoms with Crippen LogP contribution in [0.1, 0.15) is 26.7 Å². The number of hydrogen-bond acceptors (Lipinski definition) is 3. The quantitative estimate of drug-likeness (QED) is 0.451. The third-order valence-electron chi connectivity index (χ3n) is 2.60. The molecular formula is C12H25N3O. The van der Waals surface area contributed by atoms with E-state index in [1.54, 1.807) is 0 Å². The van der Waals surface area contributed by atoms with Gasteiger partial charge in [-0.05, 0) is 26.8 Å². The lowest BCUT2D eigenvalue weighted by molar-refractivity contribution is -0.131. The first kappa shape index (κ1) is 15.1. The standard InChI is InChI=1S/C12H25N3O/c1-4-7-8-14-11(10-13)9-12(16)15(5-2)6-3/h4,11,14H,1,5-10,13H2,2-3H3. The lowest BCUT2D eigenvalue weighted by Crippen LogP contribution is -2.42. The van der Waals surface area contributed by atoms with E-state index in [1.807, 2.05) is 24.8 Å². The molecule has 0 aliphatic heterocycles. The van der Waals surface area contributed by atoms with Crippen molar-refractivity contribution in [2.45, 2.75) is 32.7 Å². The number of nitrogens with two attached hydrogens (primary N) is 1. The van der Waals surface area contributed by atoms with E-state index in [0.29, 0.717) is 13.0 Å². The van der Waals surface area contributed by atoms with Crippen molar-refractivity contribution >= 4 is 5.91 Å². The zero-order chi connectivity index (χ0) is 12.4. The molecular weight excluding hydrogens is 202 g/mol. The zero-order valence-electron chi connectivity index (χ0n) is 10.5. The SMILES string of the molecule is C=CCCNC(CN)CC(=O)N(CC)CC. The minimum atomic E-state index is 0.0769. The molecule has 4 nitrogen and oxygen atoms in total. The normalized spacial score (nSPS) is 12.2. The van der Waals surface area contributed by atoms with Crippen molar-refractivity contribution in [3.05, 3.63) is 12.7 Å². The van der Waals surface area contributed by atoms with Crippen LogP contribution in [0.15, 0.2) is 12.7 Å². The summed E-state index contributed by atoms with van der Waals surface area (Å²) in [5.41, 5.74) is 5.63. The molecule has 0 aromatic carbocycles. The van der Waals surface area contributed by atoms with Gasteiger partial charge in [0.05, 0.1) is 0 Å².